The van der Waals surface area contributed by atoms with Crippen LogP contribution in [0.15, 0.2) is 30.3 Å². The van der Waals surface area contributed by atoms with Gasteiger partial charge >= 0.3 is 0 Å². The topological polar surface area (TPSA) is 40.5 Å². The van der Waals surface area contributed by atoms with Gasteiger partial charge in [-0.1, -0.05) is 53.0 Å². The third-order valence-electron chi connectivity index (χ3n) is 0.756. The molecule has 0 aliphatic heterocycles. The second-order valence-electron chi connectivity index (χ2n) is 2.68. The van der Waals surface area contributed by atoms with Crippen molar-refractivity contribution in [3.63, 3.8) is 0 Å². The molecule has 0 aliphatic rings. The first-order chi connectivity index (χ1) is 6.86. The van der Waals surface area contributed by atoms with E-state index in [0.29, 0.717) is 5.75 Å². The molecule has 0 radical (unpaired) electrons. The average molecular weight is 274 g/mol. The quantitative estimate of drug-likeness (QED) is 0.707. The molecule has 1 rings (SSSR count). The lowest BCUT2D eigenvalue weighted by atomic mass is 10.3. The summed E-state index contributed by atoms with van der Waals surface area (Å²) in [6.45, 7) is 3.44. The van der Waals surface area contributed by atoms with Crippen LogP contribution in [0.2, 0.25) is 0 Å². The van der Waals surface area contributed by atoms with Gasteiger partial charge in [0.1, 0.15) is 5.75 Å². The Hall–Kier alpha value is -0.150. The van der Waals surface area contributed by atoms with E-state index in [1.807, 2.05) is 6.07 Å². The molecule has 0 amide bonds. The van der Waals surface area contributed by atoms with Gasteiger partial charge in [-0.25, -0.2) is 0 Å². The molecule has 2 nitrogen and oxygen atoms in total. The second kappa shape index (κ2) is 11.9. The van der Waals surface area contributed by atoms with Crippen molar-refractivity contribution >= 4 is 34.8 Å². The molecule has 0 unspecified atom stereocenters. The minimum Gasteiger partial charge on any atom is -0.508 e. The van der Waals surface area contributed by atoms with E-state index >= 15 is 0 Å². The van der Waals surface area contributed by atoms with Crippen molar-refractivity contribution in [2.24, 2.45) is 0 Å². The highest BCUT2D eigenvalue weighted by molar-refractivity contribution is 6.63. The fourth-order valence-corrected chi connectivity index (χ4v) is 0.428. The van der Waals surface area contributed by atoms with Crippen LogP contribution < -0.4 is 0 Å². The van der Waals surface area contributed by atoms with Crippen LogP contribution in [0.4, 0.5) is 0 Å². The third-order valence-corrected chi connectivity index (χ3v) is 0.756. The summed E-state index contributed by atoms with van der Waals surface area (Å²) in [7, 11) is 0. The van der Waals surface area contributed by atoms with Gasteiger partial charge in [0.25, 0.3) is 0 Å². The maximum Gasteiger partial charge on any atom is 0.180 e. The Labute approximate surface area is 105 Å². The molecular formula is C10H15Cl3O2. The molecule has 0 aliphatic carbocycles. The van der Waals surface area contributed by atoms with E-state index in [9.17, 15) is 0 Å². The Bertz CT molecular complexity index is 204. The molecule has 5 heteroatoms. The van der Waals surface area contributed by atoms with E-state index in [2.05, 4.69) is 0 Å². The lowest BCUT2D eigenvalue weighted by Crippen LogP contribution is -1.85. The summed E-state index contributed by atoms with van der Waals surface area (Å²) in [5.74, 6) is 0.322. The third kappa shape index (κ3) is 31.6. The van der Waals surface area contributed by atoms with Gasteiger partial charge < -0.3 is 10.2 Å². The van der Waals surface area contributed by atoms with Crippen molar-refractivity contribution in [1.82, 2.24) is 0 Å². The van der Waals surface area contributed by atoms with Crippen LogP contribution in [0, 0.1) is 0 Å². The first kappa shape index (κ1) is 17.3. The van der Waals surface area contributed by atoms with Crippen LogP contribution in [0.3, 0.4) is 0 Å². The van der Waals surface area contributed by atoms with Crippen LogP contribution in [-0.2, 0) is 0 Å². The summed E-state index contributed by atoms with van der Waals surface area (Å²) in [6.07, 6.45) is -0.167. The highest BCUT2D eigenvalue weighted by Crippen LogP contribution is 2.03. The number of phenols is 1. The highest BCUT2D eigenvalue weighted by Gasteiger charge is 1.79. The van der Waals surface area contributed by atoms with Gasteiger partial charge in [-0.2, -0.15) is 0 Å². The first-order valence-electron chi connectivity index (χ1n) is 4.20. The van der Waals surface area contributed by atoms with Crippen LogP contribution >= 0.6 is 34.8 Å². The molecule has 1 aromatic carbocycles. The number of aromatic hydroxyl groups is 1. The number of aliphatic hydroxyl groups is 1. The molecule has 0 heterocycles. The predicted molar refractivity (Wildman–Crippen MR) is 66.8 cm³/mol. The zero-order valence-corrected chi connectivity index (χ0v) is 10.8. The number of halogens is 3. The van der Waals surface area contributed by atoms with Gasteiger partial charge in [0.05, 0.1) is 0 Å². The van der Waals surface area contributed by atoms with Crippen molar-refractivity contribution in [2.75, 3.05) is 0 Å². The molecule has 0 fully saturated rings. The van der Waals surface area contributed by atoms with Crippen molar-refractivity contribution in [2.45, 2.75) is 24.2 Å². The minimum atomic E-state index is -0.750. The van der Waals surface area contributed by atoms with Crippen molar-refractivity contribution in [3.8, 4) is 5.75 Å². The Balaban J connectivity index is 0. The number of phenolic OH excluding ortho intramolecular Hbond substituents is 1. The number of hydrogen-bond donors (Lipinski definition) is 2. The smallest absolute Gasteiger partial charge is 0.180 e. The van der Waals surface area contributed by atoms with E-state index in [4.69, 9.17) is 45.0 Å². The van der Waals surface area contributed by atoms with Gasteiger partial charge in [0, 0.05) is 6.10 Å². The zero-order valence-electron chi connectivity index (χ0n) is 8.57. The summed E-state index contributed by atoms with van der Waals surface area (Å²) in [4.78, 5) is 0. The first-order valence-corrected chi connectivity index (χ1v) is 5.51. The largest absolute Gasteiger partial charge is 0.508 e. The van der Waals surface area contributed by atoms with Gasteiger partial charge in [0.2, 0.25) is 0 Å². The molecule has 0 spiro atoms. The summed E-state index contributed by atoms with van der Waals surface area (Å²) in [5, 5.41) is 16.7. The molecule has 88 valence electrons. The lowest BCUT2D eigenvalue weighted by Gasteiger charge is -1.82. The maximum absolute atomic E-state index is 8.63. The standard InChI is InChI=1S/C6H6O.C3H8O.CHCl3/c7-6-4-2-1-3-5-6;1-3(2)4;2-1(3)4/h1-5,7H;3-4H,1-2H3;1H. The van der Waals surface area contributed by atoms with Crippen LogP contribution in [0.1, 0.15) is 13.8 Å². The van der Waals surface area contributed by atoms with E-state index < -0.39 is 4.30 Å². The van der Waals surface area contributed by atoms with Crippen molar-refractivity contribution in [1.29, 1.82) is 0 Å². The van der Waals surface area contributed by atoms with E-state index in [1.54, 1.807) is 38.1 Å². The maximum atomic E-state index is 8.63. The number of benzene rings is 1. The number of hydrogen-bond acceptors (Lipinski definition) is 2. The van der Waals surface area contributed by atoms with Gasteiger partial charge in [-0.3, -0.25) is 0 Å². The molecular weight excluding hydrogens is 258 g/mol. The van der Waals surface area contributed by atoms with Gasteiger partial charge in [-0.05, 0) is 26.0 Å². The molecule has 0 bridgehead atoms. The molecule has 2 N–H and O–H groups in total. The predicted octanol–water partition coefficient (Wildman–Crippen LogP) is 3.77. The number of para-hydroxylation sites is 1. The van der Waals surface area contributed by atoms with Gasteiger partial charge in [-0.15, -0.1) is 0 Å². The molecule has 0 saturated heterocycles. The average Bonchev–Trinajstić information content (AvgIpc) is 2.03. The van der Waals surface area contributed by atoms with Crippen molar-refractivity contribution < 1.29 is 10.2 Å². The van der Waals surface area contributed by atoms with Crippen LogP contribution in [-0.4, -0.2) is 20.6 Å². The fourth-order valence-electron chi connectivity index (χ4n) is 0.428. The van der Waals surface area contributed by atoms with E-state index in [-0.39, 0.29) is 6.10 Å². The molecule has 0 aromatic heterocycles. The lowest BCUT2D eigenvalue weighted by molar-refractivity contribution is 0.216. The molecule has 15 heavy (non-hydrogen) atoms. The zero-order chi connectivity index (χ0) is 12.3. The Morgan fingerprint density at radius 3 is 1.40 bits per heavy atom. The minimum absolute atomic E-state index is 0.167. The molecule has 0 saturated carbocycles. The van der Waals surface area contributed by atoms with E-state index in [1.165, 1.54) is 0 Å². The monoisotopic (exact) mass is 272 g/mol. The summed E-state index contributed by atoms with van der Waals surface area (Å²) < 4.78 is -0.750. The van der Waals surface area contributed by atoms with Crippen molar-refractivity contribution in [3.05, 3.63) is 30.3 Å². The van der Waals surface area contributed by atoms with Crippen LogP contribution in [0.25, 0.3) is 0 Å². The Morgan fingerprint density at radius 1 is 1.00 bits per heavy atom. The summed E-state index contributed by atoms with van der Waals surface area (Å²) in [5.41, 5.74) is 0. The normalized spacial score (nSPS) is 8.80. The van der Waals surface area contributed by atoms with Crippen LogP contribution in [0.5, 0.6) is 5.75 Å². The SMILES string of the molecule is CC(C)O.ClC(Cl)Cl.Oc1ccccc1. The second-order valence-corrected chi connectivity index (χ2v) is 4.66. The number of alkyl halides is 3. The highest BCUT2D eigenvalue weighted by atomic mass is 35.6. The Morgan fingerprint density at radius 2 is 1.27 bits per heavy atom. The molecule has 0 atom stereocenters. The molecule has 1 aromatic rings. The van der Waals surface area contributed by atoms with E-state index in [0.717, 1.165) is 0 Å². The summed E-state index contributed by atoms with van der Waals surface area (Å²) >= 11 is 14.4. The van der Waals surface area contributed by atoms with Gasteiger partial charge in [0.15, 0.2) is 4.30 Å². The Kier molecular flexibility index (Phi) is 13.7. The fraction of sp³-hybridized carbons (Fsp3) is 0.400. The summed E-state index contributed by atoms with van der Waals surface area (Å²) in [6, 6.07) is 8.71. The number of aliphatic hydroxyl groups excluding tert-OH is 1. The number of rotatable bonds is 0.